The molecule has 0 aliphatic carbocycles. The first-order chi connectivity index (χ1) is 5.33. The fourth-order valence-corrected chi connectivity index (χ4v) is 1.54. The molecule has 0 bridgehead atoms. The quantitative estimate of drug-likeness (QED) is 0.692. The van der Waals surface area contributed by atoms with E-state index in [0.717, 1.165) is 25.9 Å². The van der Waals surface area contributed by atoms with Gasteiger partial charge >= 0.3 is 0 Å². The van der Waals surface area contributed by atoms with Gasteiger partial charge in [-0.3, -0.25) is 0 Å². The Morgan fingerprint density at radius 2 is 2.00 bits per heavy atom. The second-order valence-corrected chi connectivity index (χ2v) is 3.02. The van der Waals surface area contributed by atoms with Crippen molar-refractivity contribution in [3.05, 3.63) is 0 Å². The minimum Gasteiger partial charge on any atom is -0.393 e. The molecular formula is C8H18ClNO2. The van der Waals surface area contributed by atoms with Crippen molar-refractivity contribution in [1.82, 2.24) is 5.32 Å². The van der Waals surface area contributed by atoms with Crippen LogP contribution < -0.4 is 5.32 Å². The van der Waals surface area contributed by atoms with Gasteiger partial charge in [0.05, 0.1) is 12.2 Å². The highest BCUT2D eigenvalue weighted by atomic mass is 35.5. The predicted octanol–water partition coefficient (Wildman–Crippen LogP) is 0.559. The number of aliphatic hydroxyl groups excluding tert-OH is 1. The van der Waals surface area contributed by atoms with Crippen molar-refractivity contribution in [2.75, 3.05) is 26.3 Å². The maximum absolute atomic E-state index is 9.12. The Labute approximate surface area is 79.9 Å². The SMILES string of the molecule is CCOC1(CO)CCNCC1.Cl. The third-order valence-electron chi connectivity index (χ3n) is 2.25. The standard InChI is InChI=1S/C8H17NO2.ClH/c1-2-11-8(7-10)3-5-9-6-4-8;/h9-10H,2-7H2,1H3;1H. The van der Waals surface area contributed by atoms with Gasteiger partial charge in [0.2, 0.25) is 0 Å². The van der Waals surface area contributed by atoms with E-state index in [0.29, 0.717) is 6.61 Å². The van der Waals surface area contributed by atoms with Gasteiger partial charge in [-0.1, -0.05) is 0 Å². The van der Waals surface area contributed by atoms with Crippen LogP contribution in [0.25, 0.3) is 0 Å². The van der Waals surface area contributed by atoms with E-state index in [9.17, 15) is 0 Å². The van der Waals surface area contributed by atoms with Crippen molar-refractivity contribution >= 4 is 12.4 Å². The molecule has 0 aromatic carbocycles. The summed E-state index contributed by atoms with van der Waals surface area (Å²) in [6.45, 7) is 4.74. The van der Waals surface area contributed by atoms with Crippen LogP contribution in [-0.2, 0) is 4.74 Å². The number of rotatable bonds is 3. The van der Waals surface area contributed by atoms with E-state index < -0.39 is 0 Å². The molecule has 0 spiro atoms. The molecule has 0 amide bonds. The van der Waals surface area contributed by atoms with E-state index in [-0.39, 0.29) is 24.6 Å². The van der Waals surface area contributed by atoms with Gasteiger partial charge in [0.25, 0.3) is 0 Å². The molecule has 12 heavy (non-hydrogen) atoms. The van der Waals surface area contributed by atoms with Crippen LogP contribution in [0.5, 0.6) is 0 Å². The zero-order valence-corrected chi connectivity index (χ0v) is 8.32. The van der Waals surface area contributed by atoms with Crippen molar-refractivity contribution in [3.63, 3.8) is 0 Å². The maximum atomic E-state index is 9.12. The van der Waals surface area contributed by atoms with E-state index in [1.807, 2.05) is 6.92 Å². The number of hydrogen-bond acceptors (Lipinski definition) is 3. The molecule has 74 valence electrons. The molecule has 2 N–H and O–H groups in total. The first kappa shape index (κ1) is 12.2. The molecule has 1 saturated heterocycles. The van der Waals surface area contributed by atoms with Gasteiger partial charge in [-0.05, 0) is 32.9 Å². The summed E-state index contributed by atoms with van der Waals surface area (Å²) in [4.78, 5) is 0. The molecule has 0 radical (unpaired) electrons. The van der Waals surface area contributed by atoms with Crippen molar-refractivity contribution in [2.24, 2.45) is 0 Å². The lowest BCUT2D eigenvalue weighted by molar-refractivity contribution is -0.0920. The molecule has 0 aromatic rings. The molecule has 4 heteroatoms. The van der Waals surface area contributed by atoms with E-state index in [1.165, 1.54) is 0 Å². The molecule has 0 unspecified atom stereocenters. The highest BCUT2D eigenvalue weighted by Gasteiger charge is 2.31. The lowest BCUT2D eigenvalue weighted by Gasteiger charge is -2.35. The highest BCUT2D eigenvalue weighted by Crippen LogP contribution is 2.21. The summed E-state index contributed by atoms with van der Waals surface area (Å²) >= 11 is 0. The van der Waals surface area contributed by atoms with Gasteiger partial charge in [-0.15, -0.1) is 12.4 Å². The minimum absolute atomic E-state index is 0. The van der Waals surface area contributed by atoms with Crippen molar-refractivity contribution in [1.29, 1.82) is 0 Å². The van der Waals surface area contributed by atoms with E-state index in [1.54, 1.807) is 0 Å². The van der Waals surface area contributed by atoms with Crippen LogP contribution >= 0.6 is 12.4 Å². The molecule has 0 aromatic heterocycles. The summed E-state index contributed by atoms with van der Waals surface area (Å²) in [5.74, 6) is 0. The van der Waals surface area contributed by atoms with Crippen LogP contribution in [0.4, 0.5) is 0 Å². The first-order valence-corrected chi connectivity index (χ1v) is 4.28. The number of nitrogens with one attached hydrogen (secondary N) is 1. The Morgan fingerprint density at radius 3 is 2.42 bits per heavy atom. The summed E-state index contributed by atoms with van der Waals surface area (Å²) in [6, 6.07) is 0. The van der Waals surface area contributed by atoms with Crippen molar-refractivity contribution in [3.8, 4) is 0 Å². The van der Waals surface area contributed by atoms with Crippen LogP contribution in [-0.4, -0.2) is 37.0 Å². The summed E-state index contributed by atoms with van der Waals surface area (Å²) in [5.41, 5.74) is -0.236. The molecule has 0 atom stereocenters. The summed E-state index contributed by atoms with van der Waals surface area (Å²) in [6.07, 6.45) is 1.86. The molecule has 0 saturated carbocycles. The van der Waals surface area contributed by atoms with Gasteiger partial charge in [0, 0.05) is 6.61 Å². The third-order valence-corrected chi connectivity index (χ3v) is 2.25. The number of piperidine rings is 1. The third kappa shape index (κ3) is 2.90. The maximum Gasteiger partial charge on any atom is 0.0936 e. The molecule has 1 heterocycles. The van der Waals surface area contributed by atoms with Crippen molar-refractivity contribution < 1.29 is 9.84 Å². The number of hydrogen-bond donors (Lipinski definition) is 2. The molecule has 1 aliphatic rings. The number of ether oxygens (including phenoxy) is 1. The predicted molar refractivity (Wildman–Crippen MR) is 50.8 cm³/mol. The fourth-order valence-electron chi connectivity index (χ4n) is 1.54. The Bertz CT molecular complexity index is 110. The van der Waals surface area contributed by atoms with E-state index in [2.05, 4.69) is 5.32 Å². The van der Waals surface area contributed by atoms with E-state index >= 15 is 0 Å². The van der Waals surface area contributed by atoms with Gasteiger partial charge in [0.1, 0.15) is 0 Å². The normalized spacial score (nSPS) is 21.5. The zero-order chi connectivity index (χ0) is 8.16. The summed E-state index contributed by atoms with van der Waals surface area (Å²) < 4.78 is 5.53. The van der Waals surface area contributed by atoms with Gasteiger partial charge in [0.15, 0.2) is 0 Å². The molecule has 3 nitrogen and oxygen atoms in total. The minimum atomic E-state index is -0.236. The fraction of sp³-hybridized carbons (Fsp3) is 1.00. The zero-order valence-electron chi connectivity index (χ0n) is 7.51. The Kier molecular flexibility index (Phi) is 5.84. The monoisotopic (exact) mass is 195 g/mol. The highest BCUT2D eigenvalue weighted by molar-refractivity contribution is 5.85. The van der Waals surface area contributed by atoms with Gasteiger partial charge in [-0.2, -0.15) is 0 Å². The Morgan fingerprint density at radius 1 is 1.42 bits per heavy atom. The molecule has 1 fully saturated rings. The van der Waals surface area contributed by atoms with Gasteiger partial charge < -0.3 is 15.2 Å². The second-order valence-electron chi connectivity index (χ2n) is 3.02. The largest absolute Gasteiger partial charge is 0.393 e. The van der Waals surface area contributed by atoms with E-state index in [4.69, 9.17) is 9.84 Å². The van der Waals surface area contributed by atoms with Crippen LogP contribution in [0.1, 0.15) is 19.8 Å². The molecule has 1 rings (SSSR count). The number of halogens is 1. The van der Waals surface area contributed by atoms with Crippen LogP contribution in [0.15, 0.2) is 0 Å². The molecule has 1 aliphatic heterocycles. The number of aliphatic hydroxyl groups is 1. The smallest absolute Gasteiger partial charge is 0.0936 e. The molecular weight excluding hydrogens is 178 g/mol. The van der Waals surface area contributed by atoms with Gasteiger partial charge in [-0.25, -0.2) is 0 Å². The second kappa shape index (κ2) is 5.75. The summed E-state index contributed by atoms with van der Waals surface area (Å²) in [7, 11) is 0. The topological polar surface area (TPSA) is 41.5 Å². The van der Waals surface area contributed by atoms with Crippen LogP contribution in [0.2, 0.25) is 0 Å². The summed E-state index contributed by atoms with van der Waals surface area (Å²) in [5, 5.41) is 12.4. The lowest BCUT2D eigenvalue weighted by Crippen LogP contribution is -2.46. The average molecular weight is 196 g/mol. The Hall–Kier alpha value is 0.170. The van der Waals surface area contributed by atoms with Crippen LogP contribution in [0, 0.1) is 0 Å². The Balaban J connectivity index is 0.00000121. The average Bonchev–Trinajstić information content (AvgIpc) is 2.07. The lowest BCUT2D eigenvalue weighted by atomic mass is 9.93. The van der Waals surface area contributed by atoms with Crippen molar-refractivity contribution in [2.45, 2.75) is 25.4 Å². The van der Waals surface area contributed by atoms with Crippen LogP contribution in [0.3, 0.4) is 0 Å². The first-order valence-electron chi connectivity index (χ1n) is 4.28.